The quantitative estimate of drug-likeness (QED) is 0.820. The van der Waals surface area contributed by atoms with E-state index in [1.165, 1.54) is 0 Å². The molecule has 2 rings (SSSR count). The second kappa shape index (κ2) is 6.59. The molecule has 0 aliphatic heterocycles. The van der Waals surface area contributed by atoms with Gasteiger partial charge in [-0.2, -0.15) is 0 Å². The van der Waals surface area contributed by atoms with E-state index in [-0.39, 0.29) is 16.4 Å². The summed E-state index contributed by atoms with van der Waals surface area (Å²) in [5, 5.41) is 0. The second-order valence-corrected chi connectivity index (χ2v) is 10.2. The average molecular weight is 294 g/mol. The molecule has 1 aliphatic carbocycles. The number of hydrogen-bond acceptors (Lipinski definition) is 2. The molecule has 1 unspecified atom stereocenters. The SMILES string of the molecule is CC(C)(C)S(C)(C)O.O=C1C=CCC1c1ccccc1. The Morgan fingerprint density at radius 2 is 1.65 bits per heavy atom. The molecular formula is C17H26O2S. The molecule has 1 N–H and O–H groups in total. The standard InChI is InChI=1S/C11H10O.C6H16OS/c12-11-8-4-7-10(11)9-5-2-1-3-6-9;1-6(2,3)8(4,5)7/h1-6,8,10H,7H2;7H,1-5H3. The van der Waals surface area contributed by atoms with E-state index in [1.807, 2.05) is 48.9 Å². The molecule has 1 aromatic rings. The van der Waals surface area contributed by atoms with Crippen LogP contribution in [0.1, 0.15) is 38.7 Å². The molecule has 0 heterocycles. The topological polar surface area (TPSA) is 37.3 Å². The van der Waals surface area contributed by atoms with Crippen molar-refractivity contribution in [3.05, 3.63) is 48.0 Å². The van der Waals surface area contributed by atoms with Crippen molar-refractivity contribution >= 4 is 16.1 Å². The Morgan fingerprint density at radius 1 is 1.15 bits per heavy atom. The molecule has 0 bridgehead atoms. The summed E-state index contributed by atoms with van der Waals surface area (Å²) < 4.78 is 9.51. The highest BCUT2D eigenvalue weighted by atomic mass is 32.3. The predicted octanol–water partition coefficient (Wildman–Crippen LogP) is 4.62. The lowest BCUT2D eigenvalue weighted by molar-refractivity contribution is -0.115. The van der Waals surface area contributed by atoms with Crippen LogP contribution in [0, 0.1) is 0 Å². The molecule has 112 valence electrons. The second-order valence-electron chi connectivity index (χ2n) is 6.39. The number of ketones is 1. The normalized spacial score (nSPS) is 19.5. The summed E-state index contributed by atoms with van der Waals surface area (Å²) in [6.07, 6.45) is 8.31. The van der Waals surface area contributed by atoms with Crippen molar-refractivity contribution in [2.24, 2.45) is 0 Å². The monoisotopic (exact) mass is 294 g/mol. The minimum Gasteiger partial charge on any atom is -0.352 e. The predicted molar refractivity (Wildman–Crippen MR) is 89.8 cm³/mol. The highest BCUT2D eigenvalue weighted by molar-refractivity contribution is 8.29. The van der Waals surface area contributed by atoms with Gasteiger partial charge in [0, 0.05) is 4.75 Å². The Morgan fingerprint density at radius 3 is 2.00 bits per heavy atom. The molecule has 3 heteroatoms. The van der Waals surface area contributed by atoms with Gasteiger partial charge in [0.25, 0.3) is 0 Å². The minimum absolute atomic E-state index is 0.0764. The van der Waals surface area contributed by atoms with E-state index in [2.05, 4.69) is 20.8 Å². The molecule has 0 amide bonds. The van der Waals surface area contributed by atoms with Gasteiger partial charge >= 0.3 is 0 Å². The van der Waals surface area contributed by atoms with Crippen molar-refractivity contribution in [3.63, 3.8) is 0 Å². The minimum atomic E-state index is -1.34. The van der Waals surface area contributed by atoms with Gasteiger partial charge in [0.05, 0.1) is 5.92 Å². The maximum atomic E-state index is 11.3. The summed E-state index contributed by atoms with van der Waals surface area (Å²) >= 11 is 0. The van der Waals surface area contributed by atoms with Crippen molar-refractivity contribution in [1.82, 2.24) is 0 Å². The molecule has 20 heavy (non-hydrogen) atoms. The zero-order valence-corrected chi connectivity index (χ0v) is 13.9. The Balaban J connectivity index is 0.000000221. The molecular weight excluding hydrogens is 268 g/mol. The van der Waals surface area contributed by atoms with Gasteiger partial charge in [-0.3, -0.25) is 4.79 Å². The van der Waals surface area contributed by atoms with Crippen LogP contribution in [0.25, 0.3) is 0 Å². The van der Waals surface area contributed by atoms with Crippen LogP contribution in [0.3, 0.4) is 0 Å². The Bertz CT molecular complexity index is 452. The third-order valence-corrected chi connectivity index (χ3v) is 6.70. The Labute approximate surface area is 124 Å². The zero-order valence-electron chi connectivity index (χ0n) is 13.1. The van der Waals surface area contributed by atoms with Gasteiger partial charge in [-0.15, -0.1) is 10.3 Å². The summed E-state index contributed by atoms with van der Waals surface area (Å²) in [4.78, 5) is 11.3. The van der Waals surface area contributed by atoms with Crippen molar-refractivity contribution in [1.29, 1.82) is 0 Å². The molecule has 1 atom stereocenters. The zero-order chi connectivity index (χ0) is 15.4. The lowest BCUT2D eigenvalue weighted by atomic mass is 9.96. The van der Waals surface area contributed by atoms with E-state index >= 15 is 0 Å². The fraction of sp³-hybridized carbons (Fsp3) is 0.471. The number of benzene rings is 1. The van der Waals surface area contributed by atoms with Gasteiger partial charge in [0.2, 0.25) is 0 Å². The van der Waals surface area contributed by atoms with Gasteiger partial charge in [0.1, 0.15) is 0 Å². The lowest BCUT2D eigenvalue weighted by Crippen LogP contribution is -2.21. The first-order valence-corrected chi connectivity index (χ1v) is 9.24. The van der Waals surface area contributed by atoms with Gasteiger partial charge < -0.3 is 4.55 Å². The van der Waals surface area contributed by atoms with Crippen LogP contribution >= 0.6 is 10.3 Å². The molecule has 1 aromatic carbocycles. The summed E-state index contributed by atoms with van der Waals surface area (Å²) in [7, 11) is -1.34. The van der Waals surface area contributed by atoms with Gasteiger partial charge in [-0.25, -0.2) is 0 Å². The first-order valence-electron chi connectivity index (χ1n) is 6.83. The summed E-state index contributed by atoms with van der Waals surface area (Å²) in [6, 6.07) is 9.93. The molecule has 0 saturated heterocycles. The van der Waals surface area contributed by atoms with Gasteiger partial charge in [-0.05, 0) is 30.6 Å². The number of allylic oxidation sites excluding steroid dienone is 2. The van der Waals surface area contributed by atoms with Crippen molar-refractivity contribution in [2.45, 2.75) is 37.9 Å². The van der Waals surface area contributed by atoms with E-state index in [0.717, 1.165) is 12.0 Å². The fourth-order valence-corrected chi connectivity index (χ4v) is 1.54. The third kappa shape index (κ3) is 4.80. The molecule has 0 saturated carbocycles. The average Bonchev–Trinajstić information content (AvgIpc) is 2.75. The van der Waals surface area contributed by atoms with Crippen LogP contribution < -0.4 is 0 Å². The van der Waals surface area contributed by atoms with Crippen LogP contribution in [-0.4, -0.2) is 27.6 Å². The first kappa shape index (κ1) is 17.0. The summed E-state index contributed by atoms with van der Waals surface area (Å²) in [5.74, 6) is 0.326. The van der Waals surface area contributed by atoms with Crippen molar-refractivity contribution in [2.75, 3.05) is 12.5 Å². The fourth-order valence-electron chi connectivity index (χ4n) is 1.54. The van der Waals surface area contributed by atoms with E-state index in [0.29, 0.717) is 0 Å². The molecule has 0 spiro atoms. The number of rotatable bonds is 1. The maximum absolute atomic E-state index is 11.3. The van der Waals surface area contributed by atoms with Crippen LogP contribution in [0.4, 0.5) is 0 Å². The molecule has 0 aromatic heterocycles. The van der Waals surface area contributed by atoms with Crippen LogP contribution in [0.15, 0.2) is 42.5 Å². The van der Waals surface area contributed by atoms with E-state index in [9.17, 15) is 9.35 Å². The summed E-state index contributed by atoms with van der Waals surface area (Å²) in [5.41, 5.74) is 1.13. The van der Waals surface area contributed by atoms with Crippen molar-refractivity contribution in [3.8, 4) is 0 Å². The lowest BCUT2D eigenvalue weighted by Gasteiger charge is -2.38. The largest absolute Gasteiger partial charge is 0.352 e. The molecule has 1 aliphatic rings. The smallest absolute Gasteiger partial charge is 0.163 e. The highest BCUT2D eigenvalue weighted by Gasteiger charge is 2.24. The van der Waals surface area contributed by atoms with Gasteiger partial charge in [0.15, 0.2) is 5.78 Å². The van der Waals surface area contributed by atoms with Crippen molar-refractivity contribution < 1.29 is 9.35 Å². The van der Waals surface area contributed by atoms with Crippen LogP contribution in [0.2, 0.25) is 0 Å². The van der Waals surface area contributed by atoms with E-state index in [4.69, 9.17) is 0 Å². The van der Waals surface area contributed by atoms with E-state index < -0.39 is 10.3 Å². The molecule has 0 radical (unpaired) electrons. The molecule has 0 fully saturated rings. The van der Waals surface area contributed by atoms with E-state index in [1.54, 1.807) is 6.08 Å². The number of carbonyl (C=O) groups is 1. The Hall–Kier alpha value is -1.06. The third-order valence-electron chi connectivity index (χ3n) is 3.70. The van der Waals surface area contributed by atoms with Gasteiger partial charge in [-0.1, -0.05) is 57.2 Å². The van der Waals surface area contributed by atoms with Crippen LogP contribution in [-0.2, 0) is 4.79 Å². The maximum Gasteiger partial charge on any atom is 0.163 e. The van der Waals surface area contributed by atoms with Crippen LogP contribution in [0.5, 0.6) is 0 Å². The number of carbonyl (C=O) groups excluding carboxylic acids is 1. The Kier molecular flexibility index (Phi) is 5.60. The number of hydrogen-bond donors (Lipinski definition) is 1. The highest BCUT2D eigenvalue weighted by Crippen LogP contribution is 2.48. The molecule has 2 nitrogen and oxygen atoms in total. The first-order chi connectivity index (χ1) is 9.13. The summed E-state index contributed by atoms with van der Waals surface area (Å²) in [6.45, 7) is 6.17.